The Kier molecular flexibility index (Phi) is 3.96. The fourth-order valence-corrected chi connectivity index (χ4v) is 2.43. The summed E-state index contributed by atoms with van der Waals surface area (Å²) in [7, 11) is 0. The van der Waals surface area contributed by atoms with Crippen LogP contribution in [-0.4, -0.2) is 22.9 Å². The highest BCUT2D eigenvalue weighted by atomic mass is 16.5. The molecule has 1 saturated heterocycles. The summed E-state index contributed by atoms with van der Waals surface area (Å²) >= 11 is 0. The minimum atomic E-state index is -0.612. The zero-order valence-corrected chi connectivity index (χ0v) is 10.3. The van der Waals surface area contributed by atoms with Gasteiger partial charge in [-0.15, -0.1) is 6.58 Å². The van der Waals surface area contributed by atoms with Crippen LogP contribution in [-0.2, 0) is 4.74 Å². The molecular weight excluding hydrogens is 188 g/mol. The number of ether oxygens (including phenoxy) is 1. The monoisotopic (exact) mass is 212 g/mol. The van der Waals surface area contributed by atoms with Crippen molar-refractivity contribution in [3.63, 3.8) is 0 Å². The van der Waals surface area contributed by atoms with Gasteiger partial charge in [-0.2, -0.15) is 0 Å². The van der Waals surface area contributed by atoms with Crippen LogP contribution in [0.15, 0.2) is 12.7 Å². The van der Waals surface area contributed by atoms with Crippen LogP contribution in [0.4, 0.5) is 0 Å². The van der Waals surface area contributed by atoms with E-state index in [0.717, 1.165) is 19.3 Å². The Morgan fingerprint density at radius 1 is 1.53 bits per heavy atom. The third kappa shape index (κ3) is 3.05. The third-order valence-electron chi connectivity index (χ3n) is 3.32. The van der Waals surface area contributed by atoms with Gasteiger partial charge in [-0.25, -0.2) is 0 Å². The largest absolute Gasteiger partial charge is 0.389 e. The lowest BCUT2D eigenvalue weighted by Crippen LogP contribution is -2.51. The van der Waals surface area contributed by atoms with Gasteiger partial charge in [-0.3, -0.25) is 0 Å². The fraction of sp³-hybridized carbons (Fsp3) is 0.846. The third-order valence-corrected chi connectivity index (χ3v) is 3.32. The van der Waals surface area contributed by atoms with E-state index in [1.165, 1.54) is 0 Å². The van der Waals surface area contributed by atoms with Crippen molar-refractivity contribution in [2.75, 3.05) is 6.61 Å². The molecule has 88 valence electrons. The molecule has 1 heterocycles. The number of aliphatic hydroxyl groups is 1. The van der Waals surface area contributed by atoms with Crippen LogP contribution in [0.5, 0.6) is 0 Å². The fourth-order valence-electron chi connectivity index (χ4n) is 2.43. The van der Waals surface area contributed by atoms with Gasteiger partial charge in [0.25, 0.3) is 0 Å². The van der Waals surface area contributed by atoms with Crippen LogP contribution in [0.3, 0.4) is 0 Å². The van der Waals surface area contributed by atoms with Crippen molar-refractivity contribution >= 4 is 0 Å². The van der Waals surface area contributed by atoms with Crippen LogP contribution in [0.1, 0.15) is 46.5 Å². The van der Waals surface area contributed by atoms with Gasteiger partial charge < -0.3 is 9.84 Å². The van der Waals surface area contributed by atoms with E-state index in [1.807, 2.05) is 19.9 Å². The van der Waals surface area contributed by atoms with Crippen LogP contribution in [0, 0.1) is 5.92 Å². The second-order valence-electron chi connectivity index (χ2n) is 5.30. The highest BCUT2D eigenvalue weighted by Gasteiger charge is 2.44. The summed E-state index contributed by atoms with van der Waals surface area (Å²) in [6, 6.07) is 0. The molecular formula is C13H24O2. The smallest absolute Gasteiger partial charge is 0.0759 e. The highest BCUT2D eigenvalue weighted by Crippen LogP contribution is 2.39. The van der Waals surface area contributed by atoms with Crippen molar-refractivity contribution in [2.24, 2.45) is 5.92 Å². The molecule has 1 rings (SSSR count). The molecule has 0 unspecified atom stereocenters. The van der Waals surface area contributed by atoms with E-state index in [1.54, 1.807) is 0 Å². The van der Waals surface area contributed by atoms with Crippen LogP contribution in [0.25, 0.3) is 0 Å². The number of hydrogen-bond donors (Lipinski definition) is 1. The first-order chi connectivity index (χ1) is 6.93. The van der Waals surface area contributed by atoms with Crippen molar-refractivity contribution < 1.29 is 9.84 Å². The van der Waals surface area contributed by atoms with E-state index < -0.39 is 5.60 Å². The molecule has 0 saturated carbocycles. The number of rotatable bonds is 4. The summed E-state index contributed by atoms with van der Waals surface area (Å²) in [6.45, 7) is 10.6. The molecule has 0 spiro atoms. The Bertz CT molecular complexity index is 223. The molecule has 1 aliphatic rings. The van der Waals surface area contributed by atoms with E-state index in [9.17, 15) is 5.11 Å². The van der Waals surface area contributed by atoms with Crippen LogP contribution in [0.2, 0.25) is 0 Å². The minimum absolute atomic E-state index is 0.0806. The number of unbranched alkanes of at least 4 members (excludes halogenated alkanes) is 1. The molecule has 0 radical (unpaired) electrons. The van der Waals surface area contributed by atoms with Crippen molar-refractivity contribution in [1.29, 1.82) is 0 Å². The standard InChI is InChI=1S/C13H24O2/c1-5-7-8-13(14)10-12(3,4)15-9-11(13)6-2/h6,11,14H,2,5,7-10H2,1,3-4H3/t11-,13-/m0/s1. The van der Waals surface area contributed by atoms with E-state index in [0.29, 0.717) is 13.0 Å². The molecule has 1 aliphatic heterocycles. The van der Waals surface area contributed by atoms with Crippen molar-refractivity contribution in [1.82, 2.24) is 0 Å². The van der Waals surface area contributed by atoms with Gasteiger partial charge in [0.05, 0.1) is 17.8 Å². The lowest BCUT2D eigenvalue weighted by molar-refractivity contribution is -0.171. The van der Waals surface area contributed by atoms with Crippen molar-refractivity contribution in [2.45, 2.75) is 57.7 Å². The molecule has 1 N–H and O–H groups in total. The summed E-state index contributed by atoms with van der Waals surface area (Å²) in [5.41, 5.74) is -0.818. The van der Waals surface area contributed by atoms with Crippen LogP contribution < -0.4 is 0 Å². The average Bonchev–Trinajstić information content (AvgIpc) is 2.14. The molecule has 0 amide bonds. The topological polar surface area (TPSA) is 29.5 Å². The Morgan fingerprint density at radius 3 is 2.73 bits per heavy atom. The summed E-state index contributed by atoms with van der Waals surface area (Å²) in [5.74, 6) is 0.0806. The van der Waals surface area contributed by atoms with E-state index in [2.05, 4.69) is 13.5 Å². The van der Waals surface area contributed by atoms with Gasteiger partial charge in [-0.1, -0.05) is 25.8 Å². The second kappa shape index (κ2) is 4.67. The SMILES string of the molecule is C=C[C@H]1COC(C)(C)C[C@@]1(O)CCCC. The van der Waals surface area contributed by atoms with Crippen LogP contribution >= 0.6 is 0 Å². The lowest BCUT2D eigenvalue weighted by atomic mass is 9.74. The maximum absolute atomic E-state index is 10.6. The van der Waals surface area contributed by atoms with Gasteiger partial charge in [0, 0.05) is 12.3 Å². The quantitative estimate of drug-likeness (QED) is 0.726. The highest BCUT2D eigenvalue weighted by molar-refractivity contribution is 5.02. The average molecular weight is 212 g/mol. The maximum atomic E-state index is 10.6. The van der Waals surface area contributed by atoms with Gasteiger partial charge in [-0.05, 0) is 20.3 Å². The Morgan fingerprint density at radius 2 is 2.20 bits per heavy atom. The predicted octanol–water partition coefficient (Wildman–Crippen LogP) is 2.91. The first-order valence-corrected chi connectivity index (χ1v) is 5.92. The minimum Gasteiger partial charge on any atom is -0.389 e. The molecule has 2 atom stereocenters. The Balaban J connectivity index is 2.73. The molecule has 2 heteroatoms. The normalized spacial score (nSPS) is 35.1. The maximum Gasteiger partial charge on any atom is 0.0759 e. The predicted molar refractivity (Wildman–Crippen MR) is 62.8 cm³/mol. The zero-order valence-electron chi connectivity index (χ0n) is 10.3. The molecule has 1 fully saturated rings. The molecule has 2 nitrogen and oxygen atoms in total. The first-order valence-electron chi connectivity index (χ1n) is 5.92. The summed E-state index contributed by atoms with van der Waals surface area (Å²) in [4.78, 5) is 0. The van der Waals surface area contributed by atoms with Crippen molar-refractivity contribution in [3.8, 4) is 0 Å². The molecule has 0 aromatic rings. The number of hydrogen-bond acceptors (Lipinski definition) is 2. The first kappa shape index (κ1) is 12.7. The van der Waals surface area contributed by atoms with Gasteiger partial charge in [0.2, 0.25) is 0 Å². The van der Waals surface area contributed by atoms with Gasteiger partial charge in [0.15, 0.2) is 0 Å². The van der Waals surface area contributed by atoms with E-state index >= 15 is 0 Å². The molecule has 0 aliphatic carbocycles. The Hall–Kier alpha value is -0.340. The lowest BCUT2D eigenvalue weighted by Gasteiger charge is -2.46. The molecule has 0 bridgehead atoms. The molecule has 0 aromatic heterocycles. The summed E-state index contributed by atoms with van der Waals surface area (Å²) in [6.07, 6.45) is 5.58. The van der Waals surface area contributed by atoms with Gasteiger partial charge in [0.1, 0.15) is 0 Å². The molecule has 15 heavy (non-hydrogen) atoms. The Labute approximate surface area is 93.3 Å². The zero-order chi connectivity index (χ0) is 11.5. The van der Waals surface area contributed by atoms with E-state index in [-0.39, 0.29) is 11.5 Å². The summed E-state index contributed by atoms with van der Waals surface area (Å²) in [5, 5.41) is 10.6. The van der Waals surface area contributed by atoms with E-state index in [4.69, 9.17) is 4.74 Å². The molecule has 0 aromatic carbocycles. The second-order valence-corrected chi connectivity index (χ2v) is 5.30. The summed E-state index contributed by atoms with van der Waals surface area (Å²) < 4.78 is 5.71. The van der Waals surface area contributed by atoms with Crippen molar-refractivity contribution in [3.05, 3.63) is 12.7 Å². The van der Waals surface area contributed by atoms with Gasteiger partial charge >= 0.3 is 0 Å².